The maximum atomic E-state index is 13.2. The molecule has 0 aliphatic carbocycles. The van der Waals surface area contributed by atoms with E-state index in [4.69, 9.17) is 16.3 Å². The summed E-state index contributed by atoms with van der Waals surface area (Å²) < 4.78 is 5.54. The van der Waals surface area contributed by atoms with Gasteiger partial charge < -0.3 is 9.72 Å². The Morgan fingerprint density at radius 3 is 2.31 bits per heavy atom. The van der Waals surface area contributed by atoms with Crippen LogP contribution in [-0.2, 0) is 0 Å². The van der Waals surface area contributed by atoms with Gasteiger partial charge in [0.25, 0.3) is 5.91 Å². The zero-order valence-corrected chi connectivity index (χ0v) is 19.7. The third-order valence-corrected chi connectivity index (χ3v) is 5.89. The number of ether oxygens (including phenoxy) is 1. The Kier molecular flexibility index (Phi) is 6.60. The molecular formula is C29H20ClN3O3. The van der Waals surface area contributed by atoms with Crippen LogP contribution in [0.15, 0.2) is 108 Å². The van der Waals surface area contributed by atoms with Gasteiger partial charge in [0, 0.05) is 16.5 Å². The Labute approximate surface area is 212 Å². The minimum absolute atomic E-state index is 0.326. The molecule has 0 saturated carbocycles. The van der Waals surface area contributed by atoms with Crippen LogP contribution in [0.4, 0.5) is 0 Å². The van der Waals surface area contributed by atoms with Crippen molar-refractivity contribution < 1.29 is 14.3 Å². The Bertz CT molecular complexity index is 1580. The van der Waals surface area contributed by atoms with E-state index in [1.54, 1.807) is 54.6 Å². The zero-order chi connectivity index (χ0) is 24.9. The maximum absolute atomic E-state index is 13.2. The summed E-state index contributed by atoms with van der Waals surface area (Å²) in [5, 5.41) is 5.47. The molecule has 0 spiro atoms. The van der Waals surface area contributed by atoms with Crippen molar-refractivity contribution in [3.05, 3.63) is 125 Å². The summed E-state index contributed by atoms with van der Waals surface area (Å²) in [7, 11) is 0. The highest BCUT2D eigenvalue weighted by molar-refractivity contribution is 6.36. The van der Waals surface area contributed by atoms with Crippen molar-refractivity contribution in [2.75, 3.05) is 0 Å². The number of nitrogens with one attached hydrogen (secondary N) is 2. The molecule has 1 aromatic heterocycles. The van der Waals surface area contributed by atoms with Crippen LogP contribution in [0.25, 0.3) is 22.0 Å². The van der Waals surface area contributed by atoms with E-state index >= 15 is 0 Å². The molecular weight excluding hydrogens is 474 g/mol. The number of halogens is 1. The van der Waals surface area contributed by atoms with Gasteiger partial charge in [0.1, 0.15) is 11.4 Å². The third kappa shape index (κ3) is 4.76. The fraction of sp³-hybridized carbons (Fsp3) is 0. The minimum Gasteiger partial charge on any atom is -0.422 e. The molecule has 0 bridgehead atoms. The number of rotatable bonds is 6. The second-order valence-corrected chi connectivity index (χ2v) is 8.30. The fourth-order valence-electron chi connectivity index (χ4n) is 3.89. The van der Waals surface area contributed by atoms with Crippen LogP contribution in [0.1, 0.15) is 26.4 Å². The number of carbonyl (C=O) groups excluding carboxylic acids is 2. The van der Waals surface area contributed by atoms with Crippen LogP contribution in [0.3, 0.4) is 0 Å². The molecule has 6 nitrogen and oxygen atoms in total. The summed E-state index contributed by atoms with van der Waals surface area (Å²) >= 11 is 6.39. The van der Waals surface area contributed by atoms with Crippen molar-refractivity contribution in [3.63, 3.8) is 0 Å². The van der Waals surface area contributed by atoms with E-state index in [9.17, 15) is 9.59 Å². The molecule has 0 saturated heterocycles. The summed E-state index contributed by atoms with van der Waals surface area (Å²) in [6.45, 7) is 0. The number of hydrazone groups is 1. The van der Waals surface area contributed by atoms with Crippen LogP contribution in [-0.4, -0.2) is 23.1 Å². The molecule has 36 heavy (non-hydrogen) atoms. The first-order chi connectivity index (χ1) is 17.6. The molecule has 2 N–H and O–H groups in total. The SMILES string of the molecule is O=C(Oc1ccccc1C=NNC(=O)c1[nH]c2c(Cl)cccc2c1-c1ccccc1)c1ccccc1. The molecule has 176 valence electrons. The lowest BCUT2D eigenvalue weighted by Crippen LogP contribution is -2.19. The largest absolute Gasteiger partial charge is 0.422 e. The van der Waals surface area contributed by atoms with Gasteiger partial charge in [-0.3, -0.25) is 4.79 Å². The van der Waals surface area contributed by atoms with Gasteiger partial charge in [-0.15, -0.1) is 0 Å². The third-order valence-electron chi connectivity index (χ3n) is 5.57. The van der Waals surface area contributed by atoms with Gasteiger partial charge in [0.15, 0.2) is 0 Å². The number of esters is 1. The Hall–Kier alpha value is -4.68. The first-order valence-corrected chi connectivity index (χ1v) is 11.5. The summed E-state index contributed by atoms with van der Waals surface area (Å²) in [5.41, 5.74) is 6.15. The molecule has 0 atom stereocenters. The highest BCUT2D eigenvalue weighted by Gasteiger charge is 2.20. The van der Waals surface area contributed by atoms with E-state index in [1.807, 2.05) is 48.5 Å². The van der Waals surface area contributed by atoms with Crippen LogP contribution in [0, 0.1) is 0 Å². The van der Waals surface area contributed by atoms with Gasteiger partial charge in [0.05, 0.1) is 22.3 Å². The summed E-state index contributed by atoms with van der Waals surface area (Å²) in [6.07, 6.45) is 1.43. The topological polar surface area (TPSA) is 83.5 Å². The zero-order valence-electron chi connectivity index (χ0n) is 18.9. The minimum atomic E-state index is -0.483. The molecule has 1 amide bonds. The molecule has 0 aliphatic heterocycles. The van der Waals surface area contributed by atoms with Crippen LogP contribution in [0.2, 0.25) is 5.02 Å². The van der Waals surface area contributed by atoms with Gasteiger partial charge in [-0.25, -0.2) is 10.2 Å². The molecule has 5 rings (SSSR count). The number of hydrogen-bond donors (Lipinski definition) is 2. The van der Waals surface area contributed by atoms with E-state index in [-0.39, 0.29) is 0 Å². The highest BCUT2D eigenvalue weighted by Crippen LogP contribution is 2.35. The second kappa shape index (κ2) is 10.3. The number of benzene rings is 4. The Balaban J connectivity index is 1.40. The average molecular weight is 494 g/mol. The van der Waals surface area contributed by atoms with Gasteiger partial charge >= 0.3 is 5.97 Å². The van der Waals surface area contributed by atoms with E-state index in [0.717, 1.165) is 16.5 Å². The van der Waals surface area contributed by atoms with Gasteiger partial charge in [-0.1, -0.05) is 84.4 Å². The first-order valence-electron chi connectivity index (χ1n) is 11.2. The molecule has 1 heterocycles. The number of carbonyl (C=O) groups is 2. The number of hydrogen-bond acceptors (Lipinski definition) is 4. The molecule has 0 unspecified atom stereocenters. The number of nitrogens with zero attached hydrogens (tertiary/aromatic N) is 1. The maximum Gasteiger partial charge on any atom is 0.343 e. The van der Waals surface area contributed by atoms with E-state index < -0.39 is 11.9 Å². The lowest BCUT2D eigenvalue weighted by atomic mass is 10.0. The summed E-state index contributed by atoms with van der Waals surface area (Å²) in [6, 6.07) is 30.8. The molecule has 7 heteroatoms. The number of para-hydroxylation sites is 2. The standard InChI is InChI=1S/C29H20ClN3O3/c30-23-16-9-15-22-25(19-10-3-1-4-11-19)27(32-26(22)23)28(34)33-31-18-21-14-7-8-17-24(21)36-29(35)20-12-5-2-6-13-20/h1-18,32H,(H,33,34). The predicted octanol–water partition coefficient (Wildman–Crippen LogP) is 6.47. The second-order valence-electron chi connectivity index (χ2n) is 7.90. The van der Waals surface area contributed by atoms with Crippen molar-refractivity contribution in [3.8, 4) is 16.9 Å². The summed E-state index contributed by atoms with van der Waals surface area (Å²) in [5.74, 6) is -0.592. The Morgan fingerprint density at radius 1 is 0.833 bits per heavy atom. The van der Waals surface area contributed by atoms with Crippen molar-refractivity contribution in [1.82, 2.24) is 10.4 Å². The van der Waals surface area contributed by atoms with E-state index in [2.05, 4.69) is 15.5 Å². The summed E-state index contributed by atoms with van der Waals surface area (Å²) in [4.78, 5) is 28.8. The van der Waals surface area contributed by atoms with Crippen LogP contribution in [0.5, 0.6) is 5.75 Å². The quantitative estimate of drug-likeness (QED) is 0.123. The predicted molar refractivity (Wildman–Crippen MR) is 142 cm³/mol. The monoisotopic (exact) mass is 493 g/mol. The molecule has 4 aromatic carbocycles. The van der Waals surface area contributed by atoms with Crippen LogP contribution < -0.4 is 10.2 Å². The number of fused-ring (bicyclic) bond motifs is 1. The smallest absolute Gasteiger partial charge is 0.343 e. The van der Waals surface area contributed by atoms with Crippen LogP contribution >= 0.6 is 11.6 Å². The lowest BCUT2D eigenvalue weighted by molar-refractivity contribution is 0.0734. The molecule has 0 aliphatic rings. The number of aromatic nitrogens is 1. The number of amides is 1. The van der Waals surface area contributed by atoms with Crippen molar-refractivity contribution >= 4 is 40.6 Å². The van der Waals surface area contributed by atoms with Gasteiger partial charge in [0.2, 0.25) is 0 Å². The van der Waals surface area contributed by atoms with Crippen molar-refractivity contribution in [1.29, 1.82) is 0 Å². The highest BCUT2D eigenvalue weighted by atomic mass is 35.5. The average Bonchev–Trinajstić information content (AvgIpc) is 3.32. The first kappa shape index (κ1) is 23.1. The lowest BCUT2D eigenvalue weighted by Gasteiger charge is -2.07. The van der Waals surface area contributed by atoms with Gasteiger partial charge in [-0.05, 0) is 35.9 Å². The van der Waals surface area contributed by atoms with Crippen molar-refractivity contribution in [2.24, 2.45) is 5.10 Å². The normalized spacial score (nSPS) is 11.0. The number of aromatic amines is 1. The van der Waals surface area contributed by atoms with Crippen molar-refractivity contribution in [2.45, 2.75) is 0 Å². The Morgan fingerprint density at radius 2 is 1.53 bits per heavy atom. The molecule has 5 aromatic rings. The fourth-order valence-corrected chi connectivity index (χ4v) is 4.11. The van der Waals surface area contributed by atoms with E-state index in [0.29, 0.717) is 33.1 Å². The van der Waals surface area contributed by atoms with E-state index in [1.165, 1.54) is 6.21 Å². The number of H-pyrrole nitrogens is 1. The molecule has 0 radical (unpaired) electrons. The van der Waals surface area contributed by atoms with Gasteiger partial charge in [-0.2, -0.15) is 5.10 Å². The molecule has 0 fully saturated rings.